The highest BCUT2D eigenvalue weighted by molar-refractivity contribution is 5.67. The molecule has 0 aliphatic rings. The molecule has 0 bridgehead atoms. The Kier molecular flexibility index (Phi) is 3.77. The molecule has 2 nitrogen and oxygen atoms in total. The first-order chi connectivity index (χ1) is 7.00. The predicted octanol–water partition coefficient (Wildman–Crippen LogP) is 2.95. The first-order valence-electron chi connectivity index (χ1n) is 4.60. The summed E-state index contributed by atoms with van der Waals surface area (Å²) in [6.07, 6.45) is -2.07. The van der Waals surface area contributed by atoms with Gasteiger partial charge in [-0.15, -0.1) is 0 Å². The van der Waals surface area contributed by atoms with Crippen LogP contribution in [0.3, 0.4) is 0 Å². The lowest BCUT2D eigenvalue weighted by Crippen LogP contribution is -1.99. The van der Waals surface area contributed by atoms with E-state index in [1.54, 1.807) is 13.0 Å². The van der Waals surface area contributed by atoms with Crippen molar-refractivity contribution in [3.63, 3.8) is 0 Å². The molecule has 0 atom stereocenters. The van der Waals surface area contributed by atoms with E-state index in [9.17, 15) is 13.6 Å². The van der Waals surface area contributed by atoms with E-state index in [0.717, 1.165) is 5.56 Å². The third-order valence-corrected chi connectivity index (χ3v) is 2.23. The average molecular weight is 214 g/mol. The van der Waals surface area contributed by atoms with Gasteiger partial charge in [0.05, 0.1) is 0 Å². The molecule has 15 heavy (non-hydrogen) atoms. The van der Waals surface area contributed by atoms with Gasteiger partial charge >= 0.3 is 5.97 Å². The summed E-state index contributed by atoms with van der Waals surface area (Å²) in [5, 5.41) is 8.49. The molecule has 0 fully saturated rings. The van der Waals surface area contributed by atoms with E-state index in [2.05, 4.69) is 0 Å². The number of alkyl halides is 2. The maximum Gasteiger partial charge on any atom is 0.303 e. The molecule has 0 saturated carbocycles. The normalized spacial score (nSPS) is 10.7. The molecule has 1 rings (SSSR count). The minimum absolute atomic E-state index is 0.0217. The molecule has 0 radical (unpaired) electrons. The second kappa shape index (κ2) is 4.87. The molecule has 1 N–H and O–H groups in total. The number of hydrogen-bond donors (Lipinski definition) is 1. The first-order valence-corrected chi connectivity index (χ1v) is 4.60. The molecule has 0 spiro atoms. The Hall–Kier alpha value is -1.45. The van der Waals surface area contributed by atoms with Crippen molar-refractivity contribution in [3.05, 3.63) is 34.9 Å². The molecular formula is C11H12F2O2. The fourth-order valence-electron chi connectivity index (χ4n) is 1.38. The Morgan fingerprint density at radius 3 is 2.60 bits per heavy atom. The van der Waals surface area contributed by atoms with Gasteiger partial charge in [0.1, 0.15) is 0 Å². The first kappa shape index (κ1) is 11.6. The summed E-state index contributed by atoms with van der Waals surface area (Å²) in [6, 6.07) is 4.32. The quantitative estimate of drug-likeness (QED) is 0.836. The molecule has 0 aliphatic carbocycles. The van der Waals surface area contributed by atoms with Crippen molar-refractivity contribution in [1.82, 2.24) is 0 Å². The molecule has 1 aromatic rings. The van der Waals surface area contributed by atoms with Crippen LogP contribution in [0.5, 0.6) is 0 Å². The molecule has 1 aromatic carbocycles. The van der Waals surface area contributed by atoms with E-state index < -0.39 is 12.4 Å². The largest absolute Gasteiger partial charge is 0.481 e. The number of aliphatic carboxylic acids is 1. The highest BCUT2D eigenvalue weighted by Gasteiger charge is 2.09. The number of carboxylic acid groups (broad SMARTS) is 1. The van der Waals surface area contributed by atoms with Crippen molar-refractivity contribution in [2.24, 2.45) is 0 Å². The van der Waals surface area contributed by atoms with Crippen molar-refractivity contribution in [1.29, 1.82) is 0 Å². The number of benzene rings is 1. The predicted molar refractivity (Wildman–Crippen MR) is 52.1 cm³/mol. The SMILES string of the molecule is Cc1cc(C(F)F)ccc1CCC(=O)O. The molecule has 4 heteroatoms. The van der Waals surface area contributed by atoms with Gasteiger partial charge in [-0.2, -0.15) is 0 Å². The van der Waals surface area contributed by atoms with E-state index in [0.29, 0.717) is 12.0 Å². The van der Waals surface area contributed by atoms with Crippen LogP contribution in [0.2, 0.25) is 0 Å². The zero-order valence-electron chi connectivity index (χ0n) is 8.34. The fraction of sp³-hybridized carbons (Fsp3) is 0.364. The van der Waals surface area contributed by atoms with E-state index in [1.165, 1.54) is 12.1 Å². The van der Waals surface area contributed by atoms with Gasteiger partial charge in [-0.05, 0) is 24.5 Å². The van der Waals surface area contributed by atoms with Gasteiger partial charge in [-0.25, -0.2) is 8.78 Å². The van der Waals surface area contributed by atoms with Crippen LogP contribution < -0.4 is 0 Å². The summed E-state index contributed by atoms with van der Waals surface area (Å²) < 4.78 is 24.6. The van der Waals surface area contributed by atoms with E-state index >= 15 is 0 Å². The Morgan fingerprint density at radius 1 is 1.47 bits per heavy atom. The molecule has 0 heterocycles. The molecule has 0 amide bonds. The van der Waals surface area contributed by atoms with E-state index in [-0.39, 0.29) is 12.0 Å². The Labute approximate surface area is 86.5 Å². The lowest BCUT2D eigenvalue weighted by atomic mass is 10.0. The van der Waals surface area contributed by atoms with Crippen LogP contribution >= 0.6 is 0 Å². The lowest BCUT2D eigenvalue weighted by molar-refractivity contribution is -0.136. The zero-order chi connectivity index (χ0) is 11.4. The van der Waals surface area contributed by atoms with Crippen molar-refractivity contribution in [3.8, 4) is 0 Å². The van der Waals surface area contributed by atoms with Crippen LogP contribution in [-0.4, -0.2) is 11.1 Å². The highest BCUT2D eigenvalue weighted by Crippen LogP contribution is 2.22. The minimum atomic E-state index is -2.47. The van der Waals surface area contributed by atoms with E-state index in [1.807, 2.05) is 0 Å². The van der Waals surface area contributed by atoms with E-state index in [4.69, 9.17) is 5.11 Å². The standard InChI is InChI=1S/C11H12F2O2/c1-7-6-9(11(12)13)3-2-8(7)4-5-10(14)15/h2-3,6,11H,4-5H2,1H3,(H,14,15). The second-order valence-corrected chi connectivity index (χ2v) is 3.38. The number of rotatable bonds is 4. The highest BCUT2D eigenvalue weighted by atomic mass is 19.3. The maximum atomic E-state index is 12.3. The zero-order valence-corrected chi connectivity index (χ0v) is 8.34. The summed E-state index contributed by atoms with van der Waals surface area (Å²) in [5.74, 6) is -0.882. The van der Waals surface area contributed by atoms with Gasteiger partial charge < -0.3 is 5.11 Å². The van der Waals surface area contributed by atoms with Crippen LogP contribution in [0.25, 0.3) is 0 Å². The van der Waals surface area contributed by atoms with Crippen LogP contribution in [0.4, 0.5) is 8.78 Å². The van der Waals surface area contributed by atoms with Crippen molar-refractivity contribution >= 4 is 5.97 Å². The van der Waals surface area contributed by atoms with Gasteiger partial charge in [0.25, 0.3) is 6.43 Å². The van der Waals surface area contributed by atoms with Crippen LogP contribution in [0.15, 0.2) is 18.2 Å². The van der Waals surface area contributed by atoms with Crippen molar-refractivity contribution < 1.29 is 18.7 Å². The fourth-order valence-corrected chi connectivity index (χ4v) is 1.38. The molecule has 0 saturated heterocycles. The Balaban J connectivity index is 2.79. The third-order valence-electron chi connectivity index (χ3n) is 2.23. The maximum absolute atomic E-state index is 12.3. The van der Waals surface area contributed by atoms with Gasteiger partial charge in [-0.1, -0.05) is 18.2 Å². The minimum Gasteiger partial charge on any atom is -0.481 e. The second-order valence-electron chi connectivity index (χ2n) is 3.38. The summed E-state index contributed by atoms with van der Waals surface area (Å²) in [5.41, 5.74) is 1.50. The molecule has 0 aliphatic heterocycles. The monoisotopic (exact) mass is 214 g/mol. The third kappa shape index (κ3) is 3.31. The summed E-state index contributed by atoms with van der Waals surface area (Å²) in [6.45, 7) is 1.71. The number of halogens is 2. The molecular weight excluding hydrogens is 202 g/mol. The lowest BCUT2D eigenvalue weighted by Gasteiger charge is -2.06. The van der Waals surface area contributed by atoms with Crippen LogP contribution in [0, 0.1) is 6.92 Å². The van der Waals surface area contributed by atoms with Crippen molar-refractivity contribution in [2.45, 2.75) is 26.2 Å². The van der Waals surface area contributed by atoms with Gasteiger partial charge in [0, 0.05) is 12.0 Å². The van der Waals surface area contributed by atoms with Gasteiger partial charge in [0.2, 0.25) is 0 Å². The molecule has 0 unspecified atom stereocenters. The summed E-state index contributed by atoms with van der Waals surface area (Å²) in [4.78, 5) is 10.3. The van der Waals surface area contributed by atoms with Crippen LogP contribution in [-0.2, 0) is 11.2 Å². The van der Waals surface area contributed by atoms with Crippen LogP contribution in [0.1, 0.15) is 29.5 Å². The molecule has 0 aromatic heterocycles. The summed E-state index contributed by atoms with van der Waals surface area (Å²) in [7, 11) is 0. The topological polar surface area (TPSA) is 37.3 Å². The smallest absolute Gasteiger partial charge is 0.303 e. The summed E-state index contributed by atoms with van der Waals surface area (Å²) >= 11 is 0. The number of aryl methyl sites for hydroxylation is 2. The Bertz CT molecular complexity index is 362. The molecule has 82 valence electrons. The Morgan fingerprint density at radius 2 is 2.13 bits per heavy atom. The number of carbonyl (C=O) groups is 1. The number of carboxylic acids is 1. The average Bonchev–Trinajstić information content (AvgIpc) is 2.15. The van der Waals surface area contributed by atoms with Gasteiger partial charge in [0.15, 0.2) is 0 Å². The number of hydrogen-bond acceptors (Lipinski definition) is 1. The van der Waals surface area contributed by atoms with Gasteiger partial charge in [-0.3, -0.25) is 4.79 Å². The van der Waals surface area contributed by atoms with Crippen molar-refractivity contribution in [2.75, 3.05) is 0 Å².